The zero-order valence-electron chi connectivity index (χ0n) is 8.53. The molecule has 1 saturated heterocycles. The standard InChI is InChI=1S/C10H16N2O2/c1-2-9(11-8-13)12-7-5-3-4-6-10(12)14/h9H,2-7H2,1H3. The highest BCUT2D eigenvalue weighted by Gasteiger charge is 2.22. The van der Waals surface area contributed by atoms with Gasteiger partial charge in [-0.05, 0) is 19.3 Å². The number of nitrogens with zero attached hydrogens (tertiary/aromatic N) is 2. The topological polar surface area (TPSA) is 49.7 Å². The van der Waals surface area contributed by atoms with Crippen LogP contribution in [0.4, 0.5) is 0 Å². The summed E-state index contributed by atoms with van der Waals surface area (Å²) >= 11 is 0. The van der Waals surface area contributed by atoms with E-state index in [0.29, 0.717) is 12.8 Å². The molecule has 1 atom stereocenters. The van der Waals surface area contributed by atoms with Gasteiger partial charge in [0.1, 0.15) is 6.17 Å². The van der Waals surface area contributed by atoms with Crippen molar-refractivity contribution in [3.8, 4) is 0 Å². The molecule has 1 fully saturated rings. The molecule has 0 saturated carbocycles. The third kappa shape index (κ3) is 2.67. The quantitative estimate of drug-likeness (QED) is 0.507. The highest BCUT2D eigenvalue weighted by Crippen LogP contribution is 2.15. The normalized spacial score (nSPS) is 19.8. The minimum Gasteiger partial charge on any atom is -0.320 e. The second kappa shape index (κ2) is 5.55. The lowest BCUT2D eigenvalue weighted by molar-refractivity contribution is -0.132. The van der Waals surface area contributed by atoms with Crippen LogP contribution >= 0.6 is 0 Å². The number of amides is 1. The molecular formula is C10H16N2O2. The predicted octanol–water partition coefficient (Wildman–Crippen LogP) is 1.46. The Balaban J connectivity index is 2.69. The monoisotopic (exact) mass is 196 g/mol. The average Bonchev–Trinajstić information content (AvgIpc) is 2.40. The van der Waals surface area contributed by atoms with Crippen LogP contribution < -0.4 is 0 Å². The molecule has 4 nitrogen and oxygen atoms in total. The second-order valence-electron chi connectivity index (χ2n) is 3.51. The Morgan fingerprint density at radius 1 is 1.50 bits per heavy atom. The van der Waals surface area contributed by atoms with Crippen molar-refractivity contribution in [3.63, 3.8) is 0 Å². The molecule has 1 amide bonds. The van der Waals surface area contributed by atoms with Gasteiger partial charge >= 0.3 is 0 Å². The lowest BCUT2D eigenvalue weighted by Gasteiger charge is -2.25. The van der Waals surface area contributed by atoms with Gasteiger partial charge in [0.2, 0.25) is 12.0 Å². The van der Waals surface area contributed by atoms with Crippen LogP contribution in [0.3, 0.4) is 0 Å². The number of hydrogen-bond donors (Lipinski definition) is 0. The summed E-state index contributed by atoms with van der Waals surface area (Å²) in [5.41, 5.74) is 0. The average molecular weight is 196 g/mol. The van der Waals surface area contributed by atoms with Crippen LogP contribution in [0.2, 0.25) is 0 Å². The number of hydrogen-bond acceptors (Lipinski definition) is 3. The van der Waals surface area contributed by atoms with Crippen LogP contribution in [0, 0.1) is 0 Å². The SMILES string of the molecule is CCC(N=C=O)N1CCCCCC1=O. The fourth-order valence-electron chi connectivity index (χ4n) is 1.76. The van der Waals surface area contributed by atoms with E-state index in [9.17, 15) is 9.59 Å². The Morgan fingerprint density at radius 2 is 2.29 bits per heavy atom. The predicted molar refractivity (Wildman–Crippen MR) is 52.4 cm³/mol. The van der Waals surface area contributed by atoms with Gasteiger partial charge in [-0.15, -0.1) is 0 Å². The molecule has 14 heavy (non-hydrogen) atoms. The first kappa shape index (κ1) is 10.9. The molecule has 1 heterocycles. The van der Waals surface area contributed by atoms with E-state index in [2.05, 4.69) is 4.99 Å². The zero-order valence-corrected chi connectivity index (χ0v) is 8.53. The van der Waals surface area contributed by atoms with Crippen molar-refractivity contribution in [1.82, 2.24) is 4.90 Å². The lowest BCUT2D eigenvalue weighted by atomic mass is 10.2. The van der Waals surface area contributed by atoms with Crippen LogP contribution in [0.15, 0.2) is 4.99 Å². The molecule has 1 aliphatic heterocycles. The summed E-state index contributed by atoms with van der Waals surface area (Å²) in [4.78, 5) is 27.2. The highest BCUT2D eigenvalue weighted by molar-refractivity contribution is 5.76. The fraction of sp³-hybridized carbons (Fsp3) is 0.800. The van der Waals surface area contributed by atoms with E-state index in [1.807, 2.05) is 6.92 Å². The van der Waals surface area contributed by atoms with Crippen LogP contribution in [0.25, 0.3) is 0 Å². The number of rotatable bonds is 3. The maximum atomic E-state index is 11.6. The Morgan fingerprint density at radius 3 is 2.93 bits per heavy atom. The Kier molecular flexibility index (Phi) is 4.33. The van der Waals surface area contributed by atoms with Crippen molar-refractivity contribution in [3.05, 3.63) is 0 Å². The van der Waals surface area contributed by atoms with Gasteiger partial charge in [0, 0.05) is 13.0 Å². The van der Waals surface area contributed by atoms with Crippen molar-refractivity contribution >= 4 is 12.0 Å². The molecule has 0 aromatic carbocycles. The van der Waals surface area contributed by atoms with Gasteiger partial charge in [-0.25, -0.2) is 4.79 Å². The molecule has 0 aliphatic carbocycles. The summed E-state index contributed by atoms with van der Waals surface area (Å²) in [6.45, 7) is 2.65. The molecule has 0 aromatic heterocycles. The highest BCUT2D eigenvalue weighted by atomic mass is 16.2. The first-order chi connectivity index (χ1) is 6.79. The molecule has 0 N–H and O–H groups in total. The van der Waals surface area contributed by atoms with Crippen LogP contribution in [-0.2, 0) is 9.59 Å². The summed E-state index contributed by atoms with van der Waals surface area (Å²) in [5.74, 6) is 0.119. The number of likely N-dealkylation sites (tertiary alicyclic amines) is 1. The number of carbonyl (C=O) groups excluding carboxylic acids is 2. The van der Waals surface area contributed by atoms with Gasteiger partial charge in [0.05, 0.1) is 0 Å². The summed E-state index contributed by atoms with van der Waals surface area (Å²) < 4.78 is 0. The van der Waals surface area contributed by atoms with Crippen LogP contribution in [0.5, 0.6) is 0 Å². The third-order valence-corrected chi connectivity index (χ3v) is 2.54. The van der Waals surface area contributed by atoms with Crippen molar-refractivity contribution in [2.24, 2.45) is 4.99 Å². The summed E-state index contributed by atoms with van der Waals surface area (Å²) in [6.07, 6.45) is 5.57. The van der Waals surface area contributed by atoms with Crippen molar-refractivity contribution < 1.29 is 9.59 Å². The van der Waals surface area contributed by atoms with Crippen molar-refractivity contribution in [2.75, 3.05) is 6.54 Å². The van der Waals surface area contributed by atoms with E-state index in [4.69, 9.17) is 0 Å². The van der Waals surface area contributed by atoms with E-state index in [1.54, 1.807) is 4.90 Å². The summed E-state index contributed by atoms with van der Waals surface area (Å²) in [7, 11) is 0. The first-order valence-electron chi connectivity index (χ1n) is 5.16. The largest absolute Gasteiger partial charge is 0.320 e. The van der Waals surface area contributed by atoms with Crippen molar-refractivity contribution in [1.29, 1.82) is 0 Å². The molecule has 0 bridgehead atoms. The molecule has 4 heteroatoms. The molecule has 0 radical (unpaired) electrons. The number of isocyanates is 1. The number of aliphatic imine (C=N–C) groups is 1. The van der Waals surface area contributed by atoms with Gasteiger partial charge in [0.15, 0.2) is 0 Å². The number of carbonyl (C=O) groups is 1. The summed E-state index contributed by atoms with van der Waals surface area (Å²) in [5, 5.41) is 0. The van der Waals surface area contributed by atoms with Gasteiger partial charge in [-0.1, -0.05) is 13.3 Å². The Hall–Kier alpha value is -1.15. The van der Waals surface area contributed by atoms with Gasteiger partial charge < -0.3 is 4.90 Å². The van der Waals surface area contributed by atoms with Gasteiger partial charge in [0.25, 0.3) is 0 Å². The van der Waals surface area contributed by atoms with E-state index >= 15 is 0 Å². The second-order valence-corrected chi connectivity index (χ2v) is 3.51. The van der Waals surface area contributed by atoms with Crippen molar-refractivity contribution in [2.45, 2.75) is 45.2 Å². The minimum absolute atomic E-state index is 0.119. The van der Waals surface area contributed by atoms with Crippen LogP contribution in [-0.4, -0.2) is 29.6 Å². The maximum Gasteiger partial charge on any atom is 0.237 e. The molecule has 1 rings (SSSR count). The minimum atomic E-state index is -0.293. The molecule has 78 valence electrons. The van der Waals surface area contributed by atoms with E-state index < -0.39 is 0 Å². The van der Waals surface area contributed by atoms with E-state index in [0.717, 1.165) is 25.8 Å². The maximum absolute atomic E-state index is 11.6. The summed E-state index contributed by atoms with van der Waals surface area (Å²) in [6, 6.07) is 0. The first-order valence-corrected chi connectivity index (χ1v) is 5.16. The van der Waals surface area contributed by atoms with Crippen LogP contribution in [0.1, 0.15) is 39.0 Å². The lowest BCUT2D eigenvalue weighted by Crippen LogP contribution is -2.38. The fourth-order valence-corrected chi connectivity index (χ4v) is 1.76. The molecule has 1 unspecified atom stereocenters. The smallest absolute Gasteiger partial charge is 0.237 e. The third-order valence-electron chi connectivity index (χ3n) is 2.54. The molecule has 0 spiro atoms. The van der Waals surface area contributed by atoms with Gasteiger partial charge in [-0.3, -0.25) is 4.79 Å². The van der Waals surface area contributed by atoms with E-state index in [1.165, 1.54) is 6.08 Å². The Bertz CT molecular complexity index is 247. The molecule has 0 aromatic rings. The van der Waals surface area contributed by atoms with E-state index in [-0.39, 0.29) is 12.1 Å². The van der Waals surface area contributed by atoms with Gasteiger partial charge in [-0.2, -0.15) is 4.99 Å². The zero-order chi connectivity index (χ0) is 10.4. The molecular weight excluding hydrogens is 180 g/mol. The Labute approximate surface area is 84.0 Å². The molecule has 1 aliphatic rings.